The van der Waals surface area contributed by atoms with Gasteiger partial charge in [0.2, 0.25) is 0 Å². The minimum absolute atomic E-state index is 0.483. The molecule has 12 aromatic carbocycles. The van der Waals surface area contributed by atoms with Gasteiger partial charge in [-0.3, -0.25) is 0 Å². The summed E-state index contributed by atoms with van der Waals surface area (Å²) in [6, 6.07) is 107. The highest BCUT2D eigenvalue weighted by molar-refractivity contribution is 7.25. The van der Waals surface area contributed by atoms with Gasteiger partial charge in [-0.2, -0.15) is 0 Å². The quantitative estimate of drug-likeness (QED) is 0.154. The van der Waals surface area contributed by atoms with Crippen molar-refractivity contribution in [2.45, 2.75) is 10.8 Å². The topological polar surface area (TPSA) is 3.24 Å². The Kier molecular flexibility index (Phi) is 9.40. The van der Waals surface area contributed by atoms with Crippen molar-refractivity contribution in [1.29, 1.82) is 0 Å². The maximum atomic E-state index is 2.58. The highest BCUT2D eigenvalue weighted by atomic mass is 32.1. The van der Waals surface area contributed by atoms with E-state index in [0.717, 1.165) is 17.1 Å². The summed E-state index contributed by atoms with van der Waals surface area (Å²) >= 11 is 1.88. The highest BCUT2D eigenvalue weighted by Crippen LogP contribution is 2.65. The Labute approximate surface area is 446 Å². The van der Waals surface area contributed by atoms with Crippen LogP contribution in [0.25, 0.3) is 75.8 Å². The molecule has 354 valence electrons. The smallest absolute Gasteiger partial charge is 0.0726 e. The second-order valence-corrected chi connectivity index (χ2v) is 21.7. The van der Waals surface area contributed by atoms with Crippen molar-refractivity contribution in [1.82, 2.24) is 0 Å². The van der Waals surface area contributed by atoms with Gasteiger partial charge in [-0.25, -0.2) is 0 Å². The molecule has 76 heavy (non-hydrogen) atoms. The van der Waals surface area contributed by atoms with Crippen LogP contribution in [0.3, 0.4) is 0 Å². The van der Waals surface area contributed by atoms with Crippen molar-refractivity contribution in [2.75, 3.05) is 4.90 Å². The Morgan fingerprint density at radius 3 is 1.30 bits per heavy atom. The molecule has 3 aliphatic rings. The zero-order valence-corrected chi connectivity index (χ0v) is 42.3. The molecule has 3 aliphatic carbocycles. The van der Waals surface area contributed by atoms with E-state index in [0.29, 0.717) is 0 Å². The SMILES string of the molecule is c1ccc(-c2ccc(C3(c4ccc(-c5ccccc5)cc4)c4ccccc4-c4ccc(N(c5ccc6c(c5)sc5ccccc56)c5cccc6c5-c5ccccc5C65c6ccccc6-c6ccccc65)cc43)cc2)cc1. The van der Waals surface area contributed by atoms with Gasteiger partial charge in [-0.1, -0.05) is 249 Å². The lowest BCUT2D eigenvalue weighted by atomic mass is 9.67. The third-order valence-corrected chi connectivity index (χ3v) is 18.1. The number of hydrogen-bond acceptors (Lipinski definition) is 2. The van der Waals surface area contributed by atoms with E-state index in [-0.39, 0.29) is 0 Å². The Bertz CT molecular complexity index is 4320. The fraction of sp³-hybridized carbons (Fsp3) is 0.0270. The number of nitrogens with zero attached hydrogens (tertiary/aromatic N) is 1. The summed E-state index contributed by atoms with van der Waals surface area (Å²) in [5, 5.41) is 2.58. The lowest BCUT2D eigenvalue weighted by Crippen LogP contribution is -2.29. The third-order valence-electron chi connectivity index (χ3n) is 17.0. The predicted molar refractivity (Wildman–Crippen MR) is 318 cm³/mol. The van der Waals surface area contributed by atoms with Crippen LogP contribution >= 0.6 is 11.3 Å². The molecule has 1 spiro atoms. The maximum Gasteiger partial charge on any atom is 0.0726 e. The van der Waals surface area contributed by atoms with Crippen molar-refractivity contribution < 1.29 is 0 Å². The molecule has 0 atom stereocenters. The van der Waals surface area contributed by atoms with Gasteiger partial charge in [0.1, 0.15) is 0 Å². The molecule has 0 amide bonds. The Morgan fingerprint density at radius 2 is 0.697 bits per heavy atom. The number of anilines is 3. The van der Waals surface area contributed by atoms with E-state index in [1.165, 1.54) is 120 Å². The summed E-state index contributed by atoms with van der Waals surface area (Å²) in [5.41, 5.74) is 25.1. The number of thiophene rings is 1. The summed E-state index contributed by atoms with van der Waals surface area (Å²) in [7, 11) is 0. The lowest BCUT2D eigenvalue weighted by Gasteiger charge is -2.35. The van der Waals surface area contributed by atoms with E-state index >= 15 is 0 Å². The number of rotatable bonds is 7. The zero-order valence-electron chi connectivity index (χ0n) is 41.5. The van der Waals surface area contributed by atoms with E-state index in [9.17, 15) is 0 Å². The molecule has 0 unspecified atom stereocenters. The van der Waals surface area contributed by atoms with Crippen LogP contribution in [0.15, 0.2) is 285 Å². The fourth-order valence-electron chi connectivity index (χ4n) is 13.9. The molecule has 0 saturated heterocycles. The monoisotopic (exact) mass is 981 g/mol. The Hall–Kier alpha value is -9.34. The van der Waals surface area contributed by atoms with Gasteiger partial charge < -0.3 is 4.90 Å². The molecule has 2 heteroatoms. The largest absolute Gasteiger partial charge is 0.310 e. The van der Waals surface area contributed by atoms with Crippen molar-refractivity contribution in [2.24, 2.45) is 0 Å². The van der Waals surface area contributed by atoms with Crippen molar-refractivity contribution in [3.8, 4) is 55.6 Å². The zero-order chi connectivity index (χ0) is 50.0. The van der Waals surface area contributed by atoms with Gasteiger partial charge in [0.05, 0.1) is 16.5 Å². The second-order valence-electron chi connectivity index (χ2n) is 20.6. The van der Waals surface area contributed by atoms with Crippen LogP contribution in [-0.4, -0.2) is 0 Å². The van der Waals surface area contributed by atoms with Crippen LogP contribution in [0, 0.1) is 0 Å². The van der Waals surface area contributed by atoms with Gasteiger partial charge in [0, 0.05) is 37.1 Å². The number of benzene rings is 12. The van der Waals surface area contributed by atoms with Crippen LogP contribution in [0.1, 0.15) is 44.5 Å². The van der Waals surface area contributed by atoms with Crippen molar-refractivity contribution in [3.63, 3.8) is 0 Å². The number of fused-ring (bicyclic) bond motifs is 16. The van der Waals surface area contributed by atoms with Crippen molar-refractivity contribution in [3.05, 3.63) is 330 Å². The van der Waals surface area contributed by atoms with Gasteiger partial charge in [0.25, 0.3) is 0 Å². The summed E-state index contributed by atoms with van der Waals surface area (Å²) in [6.45, 7) is 0. The summed E-state index contributed by atoms with van der Waals surface area (Å²) in [4.78, 5) is 2.58. The molecule has 0 fully saturated rings. The molecule has 1 heterocycles. The molecular formula is C74H47NS. The first-order valence-corrected chi connectivity index (χ1v) is 27.2. The van der Waals surface area contributed by atoms with Gasteiger partial charge in [-0.05, 0) is 131 Å². The van der Waals surface area contributed by atoms with E-state index in [2.05, 4.69) is 290 Å². The molecule has 0 radical (unpaired) electrons. The van der Waals surface area contributed by atoms with E-state index < -0.39 is 10.8 Å². The molecule has 0 N–H and O–H groups in total. The molecule has 13 aromatic rings. The number of hydrogen-bond donors (Lipinski definition) is 0. The van der Waals surface area contributed by atoms with E-state index in [1.54, 1.807) is 0 Å². The lowest BCUT2D eigenvalue weighted by molar-refractivity contribution is 0.768. The van der Waals surface area contributed by atoms with Gasteiger partial charge >= 0.3 is 0 Å². The average Bonchev–Trinajstić information content (AvgIpc) is 4.40. The summed E-state index contributed by atoms with van der Waals surface area (Å²) in [5.74, 6) is 0. The standard InChI is InChI=1S/C74H47NS/c1-3-18-48(19-4-1)50-34-38-52(39-35-50)73(53-40-36-51(37-41-53)49-20-5-2-6-21-49)63-27-12-7-24-58(63)59-44-42-54(46-68(59)73)75(55-43-45-61-60-25-11-16-33-70(60)76-71(61)47-55)69-32-17-31-67-72(69)62-26-10-15-30-66(62)74(67)64-28-13-8-22-56(64)57-23-9-14-29-65(57)74/h1-47H. The second kappa shape index (κ2) is 16.6. The Morgan fingerprint density at radius 1 is 0.263 bits per heavy atom. The van der Waals surface area contributed by atoms with Crippen LogP contribution < -0.4 is 4.90 Å². The van der Waals surface area contributed by atoms with Gasteiger partial charge in [0.15, 0.2) is 0 Å². The summed E-state index contributed by atoms with van der Waals surface area (Å²) < 4.78 is 2.57. The van der Waals surface area contributed by atoms with Crippen LogP contribution in [0.2, 0.25) is 0 Å². The van der Waals surface area contributed by atoms with E-state index in [4.69, 9.17) is 0 Å². The van der Waals surface area contributed by atoms with Crippen LogP contribution in [0.5, 0.6) is 0 Å². The molecule has 0 bridgehead atoms. The third kappa shape index (κ3) is 5.96. The first-order chi connectivity index (χ1) is 37.7. The highest BCUT2D eigenvalue weighted by Gasteiger charge is 2.53. The minimum atomic E-state index is -0.653. The predicted octanol–water partition coefficient (Wildman–Crippen LogP) is 19.6. The molecule has 1 nitrogen and oxygen atoms in total. The van der Waals surface area contributed by atoms with Crippen molar-refractivity contribution >= 4 is 48.6 Å². The maximum absolute atomic E-state index is 2.58. The van der Waals surface area contributed by atoms with Crippen LogP contribution in [-0.2, 0) is 10.8 Å². The Balaban J connectivity index is 0.976. The molecule has 0 saturated carbocycles. The van der Waals surface area contributed by atoms with Crippen LogP contribution in [0.4, 0.5) is 17.1 Å². The molecule has 0 aliphatic heterocycles. The van der Waals surface area contributed by atoms with E-state index in [1.807, 2.05) is 11.3 Å². The van der Waals surface area contributed by atoms with Gasteiger partial charge in [-0.15, -0.1) is 11.3 Å². The average molecular weight is 982 g/mol. The fourth-order valence-corrected chi connectivity index (χ4v) is 15.0. The minimum Gasteiger partial charge on any atom is -0.310 e. The first kappa shape index (κ1) is 43.1. The molecule has 1 aromatic heterocycles. The normalized spacial score (nSPS) is 13.7. The molecule has 16 rings (SSSR count). The first-order valence-electron chi connectivity index (χ1n) is 26.4. The summed E-state index contributed by atoms with van der Waals surface area (Å²) in [6.07, 6.45) is 0. The molecular weight excluding hydrogens is 935 g/mol.